The van der Waals surface area contributed by atoms with Crippen molar-refractivity contribution < 1.29 is 45.9 Å². The number of likely N-dealkylation sites (N-methyl/N-ethyl adjacent to an activating group) is 1. The molecule has 1 unspecified atom stereocenters. The lowest BCUT2D eigenvalue weighted by molar-refractivity contribution is -1.10. The van der Waals surface area contributed by atoms with Crippen LogP contribution in [0.3, 0.4) is 0 Å². The third-order valence-electron chi connectivity index (χ3n) is 8.62. The average molecular weight is 665 g/mol. The van der Waals surface area contributed by atoms with Crippen molar-refractivity contribution in [2.45, 2.75) is 200 Å². The maximum atomic E-state index is 12.8. The molecule has 42 heavy (non-hydrogen) atoms. The van der Waals surface area contributed by atoms with Crippen molar-refractivity contribution in [3.8, 4) is 0 Å². The van der Waals surface area contributed by atoms with E-state index in [-0.39, 0.29) is 28.9 Å². The van der Waals surface area contributed by atoms with E-state index in [0.29, 0.717) is 19.3 Å². The SMILES string of the molecule is CCCCCCCCCCCCCC(=O)OC(CC)(OC(=O)CCCCCCCCCCCCC)C(C)[N+](C)(C)O.[Br-]. The van der Waals surface area contributed by atoms with Gasteiger partial charge in [-0.3, -0.25) is 9.59 Å². The second kappa shape index (κ2) is 27.9. The van der Waals surface area contributed by atoms with Crippen LogP contribution < -0.4 is 17.0 Å². The molecule has 0 aromatic rings. The molecule has 7 heteroatoms. The molecule has 0 aromatic carbocycles. The molecule has 252 valence electrons. The second-order valence-electron chi connectivity index (χ2n) is 12.8. The van der Waals surface area contributed by atoms with Crippen molar-refractivity contribution in [2.24, 2.45) is 0 Å². The van der Waals surface area contributed by atoms with Crippen LogP contribution in [0.4, 0.5) is 0 Å². The quantitative estimate of drug-likeness (QED) is 0.0296. The second-order valence-corrected chi connectivity index (χ2v) is 12.8. The Bertz CT molecular complexity index is 597. The smallest absolute Gasteiger partial charge is 0.310 e. The Balaban J connectivity index is 0. The molecule has 0 aliphatic rings. The summed E-state index contributed by atoms with van der Waals surface area (Å²) in [5.74, 6) is -2.18. The Labute approximate surface area is 271 Å². The lowest BCUT2D eigenvalue weighted by Gasteiger charge is -2.40. The predicted octanol–water partition coefficient (Wildman–Crippen LogP) is 7.44. The molecule has 0 spiro atoms. The van der Waals surface area contributed by atoms with Gasteiger partial charge in [0.2, 0.25) is 0 Å². The molecule has 0 bridgehead atoms. The molecule has 0 aliphatic carbocycles. The molecule has 0 aromatic heterocycles. The van der Waals surface area contributed by atoms with E-state index in [9.17, 15) is 14.8 Å². The van der Waals surface area contributed by atoms with Crippen molar-refractivity contribution in [1.29, 1.82) is 0 Å². The van der Waals surface area contributed by atoms with Crippen molar-refractivity contribution in [3.05, 3.63) is 0 Å². The Morgan fingerprint density at radius 1 is 0.571 bits per heavy atom. The van der Waals surface area contributed by atoms with Crippen LogP contribution in [0.15, 0.2) is 0 Å². The van der Waals surface area contributed by atoms with Crippen LogP contribution in [0.1, 0.15) is 188 Å². The van der Waals surface area contributed by atoms with Crippen LogP contribution in [0.5, 0.6) is 0 Å². The number of halogens is 1. The van der Waals surface area contributed by atoms with Crippen LogP contribution in [0.2, 0.25) is 0 Å². The fourth-order valence-corrected chi connectivity index (χ4v) is 5.47. The van der Waals surface area contributed by atoms with Crippen LogP contribution in [-0.2, 0) is 19.1 Å². The summed E-state index contributed by atoms with van der Waals surface area (Å²) in [7, 11) is 3.23. The van der Waals surface area contributed by atoms with Crippen LogP contribution >= 0.6 is 0 Å². The lowest BCUT2D eigenvalue weighted by Crippen LogP contribution is -3.00. The first-order valence-electron chi connectivity index (χ1n) is 17.6. The van der Waals surface area contributed by atoms with Crippen LogP contribution in [0, 0.1) is 0 Å². The van der Waals surface area contributed by atoms with Gasteiger partial charge in [-0.25, -0.2) is 5.21 Å². The summed E-state index contributed by atoms with van der Waals surface area (Å²) in [6, 6.07) is -0.616. The minimum absolute atomic E-state index is 0. The fourth-order valence-electron chi connectivity index (χ4n) is 5.47. The van der Waals surface area contributed by atoms with Gasteiger partial charge >= 0.3 is 17.7 Å². The molecule has 0 heterocycles. The summed E-state index contributed by atoms with van der Waals surface area (Å²) in [5.41, 5.74) is 0. The molecule has 1 atom stereocenters. The summed E-state index contributed by atoms with van der Waals surface area (Å²) in [4.78, 5) is 25.7. The van der Waals surface area contributed by atoms with Gasteiger partial charge in [0.15, 0.2) is 6.04 Å². The summed E-state index contributed by atoms with van der Waals surface area (Å²) in [5, 5.41) is 10.7. The van der Waals surface area contributed by atoms with Gasteiger partial charge < -0.3 is 26.5 Å². The van der Waals surface area contributed by atoms with E-state index in [0.717, 1.165) is 38.5 Å². The van der Waals surface area contributed by atoms with Gasteiger partial charge in [-0.15, -0.1) is 0 Å². The highest BCUT2D eigenvalue weighted by atomic mass is 79.9. The zero-order valence-corrected chi connectivity index (χ0v) is 30.2. The number of quaternary nitrogens is 1. The summed E-state index contributed by atoms with van der Waals surface area (Å²) in [6.07, 6.45) is 27.7. The van der Waals surface area contributed by atoms with E-state index >= 15 is 0 Å². The zero-order chi connectivity index (χ0) is 30.8. The molecule has 1 N–H and O–H groups in total. The molecule has 0 saturated heterocycles. The highest BCUT2D eigenvalue weighted by Crippen LogP contribution is 2.30. The number of carbonyl (C=O) groups is 2. The molecule has 0 aliphatic heterocycles. The van der Waals surface area contributed by atoms with Crippen molar-refractivity contribution in [2.75, 3.05) is 14.1 Å². The molecule has 0 radical (unpaired) electrons. The Hall–Kier alpha value is -0.660. The monoisotopic (exact) mass is 663 g/mol. The molecule has 6 nitrogen and oxygen atoms in total. The lowest BCUT2D eigenvalue weighted by atomic mass is 10.0. The van der Waals surface area contributed by atoms with Gasteiger partial charge in [0.25, 0.3) is 0 Å². The number of esters is 2. The number of hydrogen-bond donors (Lipinski definition) is 1. The van der Waals surface area contributed by atoms with Crippen molar-refractivity contribution in [3.63, 3.8) is 0 Å². The number of hydrogen-bond acceptors (Lipinski definition) is 5. The zero-order valence-electron chi connectivity index (χ0n) is 28.7. The Kier molecular flexibility index (Phi) is 28.8. The van der Waals surface area contributed by atoms with Gasteiger partial charge in [-0.1, -0.05) is 149 Å². The summed E-state index contributed by atoms with van der Waals surface area (Å²) in [6.45, 7) is 8.11. The third kappa shape index (κ3) is 22.8. The van der Waals surface area contributed by atoms with E-state index in [2.05, 4.69) is 13.8 Å². The first-order chi connectivity index (χ1) is 19.6. The van der Waals surface area contributed by atoms with Crippen molar-refractivity contribution in [1.82, 2.24) is 0 Å². The largest absolute Gasteiger partial charge is 1.00 e. The molecular weight excluding hydrogens is 594 g/mol. The van der Waals surface area contributed by atoms with Gasteiger partial charge in [-0.2, -0.15) is 4.65 Å². The topological polar surface area (TPSA) is 72.8 Å². The van der Waals surface area contributed by atoms with Gasteiger partial charge in [-0.05, 0) is 19.8 Å². The average Bonchev–Trinajstić information content (AvgIpc) is 2.93. The molecule has 0 saturated carbocycles. The molecule has 0 amide bonds. The van der Waals surface area contributed by atoms with E-state index in [1.54, 1.807) is 21.0 Å². The van der Waals surface area contributed by atoms with Crippen LogP contribution in [0.25, 0.3) is 0 Å². The van der Waals surface area contributed by atoms with E-state index < -0.39 is 16.5 Å². The minimum atomic E-state index is -1.47. The highest BCUT2D eigenvalue weighted by molar-refractivity contribution is 5.72. The van der Waals surface area contributed by atoms with Gasteiger partial charge in [0.1, 0.15) is 0 Å². The van der Waals surface area contributed by atoms with Gasteiger partial charge in [0.05, 0.1) is 14.1 Å². The number of ether oxygens (including phenoxy) is 2. The molecular formula is C35H70BrNO5. The Morgan fingerprint density at radius 2 is 0.833 bits per heavy atom. The normalized spacial score (nSPS) is 12.5. The number of rotatable bonds is 29. The minimum Gasteiger partial charge on any atom is -1.00 e. The van der Waals surface area contributed by atoms with E-state index in [1.165, 1.54) is 103 Å². The van der Waals surface area contributed by atoms with Gasteiger partial charge in [0, 0.05) is 19.3 Å². The number of carbonyl (C=O) groups excluding carboxylic acids is 2. The first-order valence-corrected chi connectivity index (χ1v) is 17.6. The summed E-state index contributed by atoms with van der Waals surface area (Å²) < 4.78 is 11.3. The van der Waals surface area contributed by atoms with E-state index in [4.69, 9.17) is 9.47 Å². The first kappa shape index (κ1) is 43.5. The maximum absolute atomic E-state index is 12.8. The Morgan fingerprint density at radius 3 is 1.07 bits per heavy atom. The summed E-state index contributed by atoms with van der Waals surface area (Å²) >= 11 is 0. The highest BCUT2D eigenvalue weighted by Gasteiger charge is 2.51. The standard InChI is InChI=1S/C35H70NO5.BrH/c1-7-10-12-14-16-18-20-22-24-26-28-30-33(37)40-35(9-3,32(4)36(5,6)39)41-34(38)31-29-27-25-23-21-19-17-15-13-11-8-2;/h32,39H,7-31H2,1-6H3;1H/q+1;/p-1. The fraction of sp³-hybridized carbons (Fsp3) is 0.943. The number of unbranched alkanes of at least 4 members (excludes halogenated alkanes) is 20. The van der Waals surface area contributed by atoms with Crippen LogP contribution in [-0.4, -0.2) is 47.7 Å². The predicted molar refractivity (Wildman–Crippen MR) is 171 cm³/mol. The number of hydroxylamine groups is 3. The van der Waals surface area contributed by atoms with E-state index in [1.807, 2.05) is 6.92 Å². The molecule has 0 rings (SSSR count). The third-order valence-corrected chi connectivity index (χ3v) is 8.62. The van der Waals surface area contributed by atoms with Crippen molar-refractivity contribution >= 4 is 11.9 Å². The maximum Gasteiger partial charge on any atom is 0.310 e. The molecule has 0 fully saturated rings. The number of nitrogens with zero attached hydrogens (tertiary/aromatic N) is 1.